The molecule has 1 heterocycles. The summed E-state index contributed by atoms with van der Waals surface area (Å²) in [6.45, 7) is 4.05. The fourth-order valence-electron chi connectivity index (χ4n) is 0.840. The highest BCUT2D eigenvalue weighted by Crippen LogP contribution is 2.10. The SMILES string of the molecule is C/C=C\C1=CCC(C)=N1. The van der Waals surface area contributed by atoms with E-state index in [4.69, 9.17) is 0 Å². The Kier molecular flexibility index (Phi) is 1.83. The maximum atomic E-state index is 4.27. The Balaban J connectivity index is 2.64. The number of hydrogen-bond donors (Lipinski definition) is 0. The summed E-state index contributed by atoms with van der Waals surface area (Å²) in [4.78, 5) is 4.27. The van der Waals surface area contributed by atoms with Gasteiger partial charge in [0.1, 0.15) is 0 Å². The summed E-state index contributed by atoms with van der Waals surface area (Å²) in [5, 5.41) is 0. The van der Waals surface area contributed by atoms with E-state index in [0.717, 1.165) is 12.1 Å². The standard InChI is InChI=1S/C8H11N/c1-3-4-8-6-5-7(2)9-8/h3-4,6H,5H2,1-2H3/b4-3-. The number of rotatable bonds is 1. The van der Waals surface area contributed by atoms with E-state index < -0.39 is 0 Å². The highest BCUT2D eigenvalue weighted by atomic mass is 14.8. The van der Waals surface area contributed by atoms with Gasteiger partial charge in [-0.2, -0.15) is 0 Å². The molecule has 1 nitrogen and oxygen atoms in total. The van der Waals surface area contributed by atoms with E-state index in [0.29, 0.717) is 0 Å². The van der Waals surface area contributed by atoms with Gasteiger partial charge in [0, 0.05) is 12.1 Å². The number of aliphatic imine (C=N–C) groups is 1. The third-order valence-electron chi connectivity index (χ3n) is 1.26. The summed E-state index contributed by atoms with van der Waals surface area (Å²) in [5.74, 6) is 0. The van der Waals surface area contributed by atoms with E-state index >= 15 is 0 Å². The molecule has 0 bridgehead atoms. The van der Waals surface area contributed by atoms with Crippen LogP contribution in [0.25, 0.3) is 0 Å². The third-order valence-corrected chi connectivity index (χ3v) is 1.26. The van der Waals surface area contributed by atoms with Crippen molar-refractivity contribution in [2.45, 2.75) is 20.3 Å². The Morgan fingerprint density at radius 2 is 2.44 bits per heavy atom. The summed E-state index contributed by atoms with van der Waals surface area (Å²) in [5.41, 5.74) is 2.32. The van der Waals surface area contributed by atoms with Crippen molar-refractivity contribution in [1.82, 2.24) is 0 Å². The average molecular weight is 121 g/mol. The zero-order chi connectivity index (χ0) is 6.69. The number of allylic oxidation sites excluding steroid dienone is 3. The first-order valence-corrected chi connectivity index (χ1v) is 3.20. The van der Waals surface area contributed by atoms with Crippen LogP contribution in [0.2, 0.25) is 0 Å². The van der Waals surface area contributed by atoms with Gasteiger partial charge in [0.15, 0.2) is 0 Å². The molecule has 0 saturated carbocycles. The Morgan fingerprint density at radius 3 is 2.89 bits per heavy atom. The maximum absolute atomic E-state index is 4.27. The van der Waals surface area contributed by atoms with Crippen molar-refractivity contribution in [3.63, 3.8) is 0 Å². The molecule has 48 valence electrons. The monoisotopic (exact) mass is 121 g/mol. The molecular formula is C8H11N. The van der Waals surface area contributed by atoms with E-state index in [9.17, 15) is 0 Å². The smallest absolute Gasteiger partial charge is 0.0589 e. The normalized spacial score (nSPS) is 18.4. The van der Waals surface area contributed by atoms with Gasteiger partial charge in [-0.1, -0.05) is 12.2 Å². The van der Waals surface area contributed by atoms with Crippen LogP contribution in [-0.2, 0) is 0 Å². The molecule has 0 aromatic rings. The highest BCUT2D eigenvalue weighted by molar-refractivity contribution is 5.86. The second kappa shape index (κ2) is 2.62. The van der Waals surface area contributed by atoms with Crippen molar-refractivity contribution < 1.29 is 0 Å². The minimum Gasteiger partial charge on any atom is -0.258 e. The molecule has 0 fully saturated rings. The lowest BCUT2D eigenvalue weighted by Gasteiger charge is -1.82. The van der Waals surface area contributed by atoms with Crippen LogP contribution >= 0.6 is 0 Å². The van der Waals surface area contributed by atoms with Gasteiger partial charge in [-0.3, -0.25) is 4.99 Å². The van der Waals surface area contributed by atoms with Gasteiger partial charge in [0.05, 0.1) is 5.70 Å². The van der Waals surface area contributed by atoms with Gasteiger partial charge in [-0.25, -0.2) is 0 Å². The molecule has 0 aromatic carbocycles. The average Bonchev–Trinajstić information content (AvgIpc) is 2.17. The first-order valence-electron chi connectivity index (χ1n) is 3.20. The molecular weight excluding hydrogens is 110 g/mol. The molecule has 0 N–H and O–H groups in total. The van der Waals surface area contributed by atoms with Crippen LogP contribution in [0.5, 0.6) is 0 Å². The molecule has 9 heavy (non-hydrogen) atoms. The van der Waals surface area contributed by atoms with Crippen molar-refractivity contribution in [3.8, 4) is 0 Å². The topological polar surface area (TPSA) is 12.4 Å². The van der Waals surface area contributed by atoms with Gasteiger partial charge < -0.3 is 0 Å². The maximum Gasteiger partial charge on any atom is 0.0589 e. The van der Waals surface area contributed by atoms with Gasteiger partial charge in [0.2, 0.25) is 0 Å². The number of hydrogen-bond acceptors (Lipinski definition) is 1. The highest BCUT2D eigenvalue weighted by Gasteiger charge is 1.98. The van der Waals surface area contributed by atoms with Crippen LogP contribution < -0.4 is 0 Å². The van der Waals surface area contributed by atoms with Crippen LogP contribution in [0, 0.1) is 0 Å². The van der Waals surface area contributed by atoms with Crippen LogP contribution in [0.3, 0.4) is 0 Å². The van der Waals surface area contributed by atoms with Crippen molar-refractivity contribution in [3.05, 3.63) is 23.9 Å². The van der Waals surface area contributed by atoms with E-state index in [1.54, 1.807) is 0 Å². The largest absolute Gasteiger partial charge is 0.258 e. The summed E-state index contributed by atoms with van der Waals surface area (Å²) >= 11 is 0. The van der Waals surface area contributed by atoms with E-state index in [1.165, 1.54) is 5.71 Å². The van der Waals surface area contributed by atoms with Crippen LogP contribution in [0.4, 0.5) is 0 Å². The third kappa shape index (κ3) is 1.53. The molecule has 1 aliphatic heterocycles. The van der Waals surface area contributed by atoms with E-state index in [2.05, 4.69) is 11.1 Å². The van der Waals surface area contributed by atoms with Crippen molar-refractivity contribution in [2.24, 2.45) is 4.99 Å². The molecule has 0 unspecified atom stereocenters. The molecule has 1 rings (SSSR count). The summed E-state index contributed by atoms with van der Waals surface area (Å²) in [6, 6.07) is 0. The molecule has 0 saturated heterocycles. The molecule has 0 amide bonds. The second-order valence-electron chi connectivity index (χ2n) is 2.18. The number of nitrogens with zero attached hydrogens (tertiary/aromatic N) is 1. The molecule has 0 aliphatic carbocycles. The van der Waals surface area contributed by atoms with E-state index in [-0.39, 0.29) is 0 Å². The zero-order valence-corrected chi connectivity index (χ0v) is 5.89. The Bertz CT molecular complexity index is 185. The van der Waals surface area contributed by atoms with Crippen molar-refractivity contribution >= 4 is 5.71 Å². The van der Waals surface area contributed by atoms with Gasteiger partial charge >= 0.3 is 0 Å². The zero-order valence-electron chi connectivity index (χ0n) is 5.89. The minimum absolute atomic E-state index is 1.03. The lowest BCUT2D eigenvalue weighted by molar-refractivity contribution is 1.43. The second-order valence-corrected chi connectivity index (χ2v) is 2.18. The first-order chi connectivity index (χ1) is 4.33. The Labute approximate surface area is 55.8 Å². The molecule has 0 aromatic heterocycles. The predicted octanol–water partition coefficient (Wildman–Crippen LogP) is 2.31. The van der Waals surface area contributed by atoms with Crippen LogP contribution in [0.15, 0.2) is 28.9 Å². The lowest BCUT2D eigenvalue weighted by Crippen LogP contribution is -1.78. The van der Waals surface area contributed by atoms with Crippen LogP contribution in [-0.4, -0.2) is 5.71 Å². The van der Waals surface area contributed by atoms with Gasteiger partial charge in [-0.05, 0) is 19.9 Å². The molecule has 0 radical (unpaired) electrons. The first kappa shape index (κ1) is 6.27. The van der Waals surface area contributed by atoms with Gasteiger partial charge in [0.25, 0.3) is 0 Å². The molecule has 0 atom stereocenters. The summed E-state index contributed by atoms with van der Waals surface area (Å²) in [6.07, 6.45) is 7.19. The quantitative estimate of drug-likeness (QED) is 0.504. The Hall–Kier alpha value is -0.850. The van der Waals surface area contributed by atoms with E-state index in [1.807, 2.05) is 26.0 Å². The Morgan fingerprint density at radius 1 is 1.67 bits per heavy atom. The van der Waals surface area contributed by atoms with Crippen LogP contribution in [0.1, 0.15) is 20.3 Å². The fraction of sp³-hybridized carbons (Fsp3) is 0.375. The predicted molar refractivity (Wildman–Crippen MR) is 40.6 cm³/mol. The van der Waals surface area contributed by atoms with Crippen molar-refractivity contribution in [2.75, 3.05) is 0 Å². The summed E-state index contributed by atoms with van der Waals surface area (Å²) in [7, 11) is 0. The van der Waals surface area contributed by atoms with Crippen molar-refractivity contribution in [1.29, 1.82) is 0 Å². The fourth-order valence-corrected chi connectivity index (χ4v) is 0.840. The molecule has 1 aliphatic rings. The molecule has 1 heteroatoms. The molecule has 0 spiro atoms. The lowest BCUT2D eigenvalue weighted by atomic mass is 10.3. The van der Waals surface area contributed by atoms with Gasteiger partial charge in [-0.15, -0.1) is 0 Å². The minimum atomic E-state index is 1.03. The summed E-state index contributed by atoms with van der Waals surface area (Å²) < 4.78 is 0.